The lowest BCUT2D eigenvalue weighted by atomic mass is 10.1. The van der Waals surface area contributed by atoms with Crippen molar-refractivity contribution in [2.75, 3.05) is 14.2 Å². The van der Waals surface area contributed by atoms with E-state index in [1.54, 1.807) is 37.5 Å². The van der Waals surface area contributed by atoms with Crippen molar-refractivity contribution in [1.29, 1.82) is 0 Å². The molecular formula is C18H19NO2. The fourth-order valence-corrected chi connectivity index (χ4v) is 2.03. The van der Waals surface area contributed by atoms with E-state index in [9.17, 15) is 4.79 Å². The predicted octanol–water partition coefficient (Wildman–Crippen LogP) is 3.31. The Kier molecular flexibility index (Phi) is 5.29. The van der Waals surface area contributed by atoms with Gasteiger partial charge in [0.1, 0.15) is 5.75 Å². The Balaban J connectivity index is 2.08. The first-order valence-corrected chi connectivity index (χ1v) is 6.83. The quantitative estimate of drug-likeness (QED) is 0.652. The van der Waals surface area contributed by atoms with Crippen molar-refractivity contribution >= 4 is 11.9 Å². The summed E-state index contributed by atoms with van der Waals surface area (Å²) in [5, 5.41) is 3.11. The van der Waals surface area contributed by atoms with E-state index >= 15 is 0 Å². The molecule has 21 heavy (non-hydrogen) atoms. The second-order valence-corrected chi connectivity index (χ2v) is 4.70. The lowest BCUT2D eigenvalue weighted by molar-refractivity contribution is 0.104. The zero-order chi connectivity index (χ0) is 15.1. The van der Waals surface area contributed by atoms with Crippen molar-refractivity contribution in [1.82, 2.24) is 5.32 Å². The lowest BCUT2D eigenvalue weighted by Gasteiger charge is -2.02. The molecule has 0 amide bonds. The van der Waals surface area contributed by atoms with Crippen molar-refractivity contribution in [2.45, 2.75) is 6.54 Å². The molecule has 2 aromatic carbocycles. The summed E-state index contributed by atoms with van der Waals surface area (Å²) in [5.74, 6) is 0.729. The number of carbonyl (C=O) groups is 1. The number of allylic oxidation sites excluding steroid dienone is 1. The van der Waals surface area contributed by atoms with Gasteiger partial charge in [0.2, 0.25) is 0 Å². The number of methoxy groups -OCH3 is 1. The van der Waals surface area contributed by atoms with Gasteiger partial charge in [-0.25, -0.2) is 0 Å². The summed E-state index contributed by atoms with van der Waals surface area (Å²) in [6.45, 7) is 0.814. The number of carbonyl (C=O) groups excluding carboxylic acids is 1. The number of benzene rings is 2. The van der Waals surface area contributed by atoms with E-state index in [-0.39, 0.29) is 5.78 Å². The second-order valence-electron chi connectivity index (χ2n) is 4.70. The molecule has 0 heterocycles. The van der Waals surface area contributed by atoms with Crippen LogP contribution in [0.3, 0.4) is 0 Å². The number of rotatable bonds is 6. The Morgan fingerprint density at radius 2 is 1.95 bits per heavy atom. The molecule has 3 heteroatoms. The van der Waals surface area contributed by atoms with Crippen LogP contribution in [0.1, 0.15) is 21.5 Å². The first kappa shape index (κ1) is 15.0. The molecule has 0 aliphatic carbocycles. The average Bonchev–Trinajstić information content (AvgIpc) is 2.53. The Morgan fingerprint density at radius 3 is 2.62 bits per heavy atom. The zero-order valence-corrected chi connectivity index (χ0v) is 12.3. The molecule has 108 valence electrons. The van der Waals surface area contributed by atoms with Gasteiger partial charge in [-0.1, -0.05) is 30.3 Å². The Bertz CT molecular complexity index is 630. The minimum atomic E-state index is -0.0170. The van der Waals surface area contributed by atoms with Crippen LogP contribution >= 0.6 is 0 Å². The van der Waals surface area contributed by atoms with Gasteiger partial charge in [-0.05, 0) is 48.5 Å². The van der Waals surface area contributed by atoms with E-state index in [0.29, 0.717) is 5.56 Å². The Morgan fingerprint density at radius 1 is 1.19 bits per heavy atom. The molecule has 0 spiro atoms. The molecule has 0 aliphatic rings. The first-order chi connectivity index (χ1) is 10.2. The maximum Gasteiger partial charge on any atom is 0.185 e. The number of ether oxygens (including phenoxy) is 1. The van der Waals surface area contributed by atoms with Gasteiger partial charge < -0.3 is 10.1 Å². The highest BCUT2D eigenvalue weighted by atomic mass is 16.5. The van der Waals surface area contributed by atoms with E-state index in [1.807, 2.05) is 25.3 Å². The van der Waals surface area contributed by atoms with Gasteiger partial charge in [0.25, 0.3) is 0 Å². The number of hydrogen-bond acceptors (Lipinski definition) is 3. The van der Waals surface area contributed by atoms with Crippen molar-refractivity contribution in [3.63, 3.8) is 0 Å². The standard InChI is InChI=1S/C18H19NO2/c1-19-13-15-5-3-4-14(12-15)6-11-18(20)16-7-9-17(21-2)10-8-16/h3-12,19H,13H2,1-2H3. The summed E-state index contributed by atoms with van der Waals surface area (Å²) in [6, 6.07) is 15.2. The van der Waals surface area contributed by atoms with Crippen LogP contribution in [0.2, 0.25) is 0 Å². The Hall–Kier alpha value is -2.39. The molecule has 0 aromatic heterocycles. The van der Waals surface area contributed by atoms with E-state index in [1.165, 1.54) is 5.56 Å². The summed E-state index contributed by atoms with van der Waals surface area (Å²) in [5.41, 5.74) is 2.86. The van der Waals surface area contributed by atoms with Crippen LogP contribution in [0.15, 0.2) is 54.6 Å². The normalized spacial score (nSPS) is 10.8. The third kappa shape index (κ3) is 4.29. The molecule has 0 unspecified atom stereocenters. The van der Waals surface area contributed by atoms with Crippen LogP contribution in [0, 0.1) is 0 Å². The zero-order valence-electron chi connectivity index (χ0n) is 12.3. The van der Waals surface area contributed by atoms with Crippen molar-refractivity contribution in [3.05, 3.63) is 71.3 Å². The third-order valence-corrected chi connectivity index (χ3v) is 3.13. The maximum atomic E-state index is 12.1. The van der Waals surface area contributed by atoms with Gasteiger partial charge in [0, 0.05) is 12.1 Å². The van der Waals surface area contributed by atoms with Gasteiger partial charge in [0.05, 0.1) is 7.11 Å². The first-order valence-electron chi connectivity index (χ1n) is 6.83. The number of ketones is 1. The minimum Gasteiger partial charge on any atom is -0.497 e. The van der Waals surface area contributed by atoms with Crippen LogP contribution < -0.4 is 10.1 Å². The lowest BCUT2D eigenvalue weighted by Crippen LogP contribution is -2.04. The highest BCUT2D eigenvalue weighted by Gasteiger charge is 2.01. The monoisotopic (exact) mass is 281 g/mol. The summed E-state index contributed by atoms with van der Waals surface area (Å²) >= 11 is 0. The van der Waals surface area contributed by atoms with Gasteiger partial charge in [-0.15, -0.1) is 0 Å². The van der Waals surface area contributed by atoms with Crippen LogP contribution in [0.4, 0.5) is 0 Å². The van der Waals surface area contributed by atoms with Crippen LogP contribution in [0.25, 0.3) is 6.08 Å². The topological polar surface area (TPSA) is 38.3 Å². The van der Waals surface area contributed by atoms with Crippen molar-refractivity contribution in [2.24, 2.45) is 0 Å². The second kappa shape index (κ2) is 7.41. The summed E-state index contributed by atoms with van der Waals surface area (Å²) in [7, 11) is 3.52. The number of hydrogen-bond donors (Lipinski definition) is 1. The highest BCUT2D eigenvalue weighted by molar-refractivity contribution is 6.06. The maximum absolute atomic E-state index is 12.1. The van der Waals surface area contributed by atoms with Crippen LogP contribution in [-0.4, -0.2) is 19.9 Å². The van der Waals surface area contributed by atoms with E-state index in [0.717, 1.165) is 17.9 Å². The van der Waals surface area contributed by atoms with Crippen LogP contribution in [-0.2, 0) is 6.54 Å². The van der Waals surface area contributed by atoms with Gasteiger partial charge in [-0.3, -0.25) is 4.79 Å². The minimum absolute atomic E-state index is 0.0170. The smallest absolute Gasteiger partial charge is 0.185 e. The van der Waals surface area contributed by atoms with Gasteiger partial charge in [-0.2, -0.15) is 0 Å². The Labute approximate surface area is 125 Å². The van der Waals surface area contributed by atoms with Crippen LogP contribution in [0.5, 0.6) is 5.75 Å². The average molecular weight is 281 g/mol. The van der Waals surface area contributed by atoms with E-state index in [4.69, 9.17) is 4.74 Å². The molecule has 3 nitrogen and oxygen atoms in total. The summed E-state index contributed by atoms with van der Waals surface area (Å²) < 4.78 is 5.08. The summed E-state index contributed by atoms with van der Waals surface area (Å²) in [4.78, 5) is 12.1. The number of nitrogens with one attached hydrogen (secondary N) is 1. The molecule has 0 saturated heterocycles. The largest absolute Gasteiger partial charge is 0.497 e. The predicted molar refractivity (Wildman–Crippen MR) is 85.6 cm³/mol. The van der Waals surface area contributed by atoms with E-state index < -0.39 is 0 Å². The van der Waals surface area contributed by atoms with Crippen molar-refractivity contribution < 1.29 is 9.53 Å². The molecule has 2 aromatic rings. The molecular weight excluding hydrogens is 262 g/mol. The van der Waals surface area contributed by atoms with E-state index in [2.05, 4.69) is 17.4 Å². The molecule has 1 N–H and O–H groups in total. The molecule has 0 bridgehead atoms. The fraction of sp³-hybridized carbons (Fsp3) is 0.167. The molecule has 0 saturated carbocycles. The highest BCUT2D eigenvalue weighted by Crippen LogP contribution is 2.13. The SMILES string of the molecule is CNCc1cccc(C=CC(=O)c2ccc(OC)cc2)c1. The van der Waals surface area contributed by atoms with Gasteiger partial charge in [0.15, 0.2) is 5.78 Å². The molecule has 0 radical (unpaired) electrons. The molecule has 2 rings (SSSR count). The third-order valence-electron chi connectivity index (χ3n) is 3.13. The fourth-order valence-electron chi connectivity index (χ4n) is 2.03. The molecule has 0 atom stereocenters. The van der Waals surface area contributed by atoms with Gasteiger partial charge >= 0.3 is 0 Å². The van der Waals surface area contributed by atoms with Crippen molar-refractivity contribution in [3.8, 4) is 5.75 Å². The molecule has 0 fully saturated rings. The summed E-state index contributed by atoms with van der Waals surface area (Å²) in [6.07, 6.45) is 3.44. The molecule has 0 aliphatic heterocycles.